The second kappa shape index (κ2) is 10.5. The van der Waals surface area contributed by atoms with E-state index in [1.165, 1.54) is 0 Å². The Kier molecular flexibility index (Phi) is 7.87. The van der Waals surface area contributed by atoms with Crippen LogP contribution in [0.15, 0.2) is 30.5 Å². The van der Waals surface area contributed by atoms with E-state index in [2.05, 4.69) is 21.4 Å². The second-order valence-electron chi connectivity index (χ2n) is 10.7. The molecule has 1 atom stereocenters. The van der Waals surface area contributed by atoms with Crippen LogP contribution in [0.1, 0.15) is 65.2 Å². The number of rotatable bonds is 8. The summed E-state index contributed by atoms with van der Waals surface area (Å²) in [6.07, 6.45) is 2.01. The Morgan fingerprint density at radius 3 is 2.56 bits per heavy atom. The molecule has 1 aliphatic rings. The fourth-order valence-corrected chi connectivity index (χ4v) is 3.89. The number of nitrogens with zero attached hydrogens (tertiary/aromatic N) is 4. The molecular formula is C27H35N5O4. The van der Waals surface area contributed by atoms with E-state index in [1.807, 2.05) is 48.5 Å². The van der Waals surface area contributed by atoms with E-state index in [9.17, 15) is 14.9 Å². The zero-order valence-electron chi connectivity index (χ0n) is 22.1. The maximum Gasteiger partial charge on any atom is 0.342 e. The Balaban J connectivity index is 1.86. The zero-order valence-corrected chi connectivity index (χ0v) is 22.1. The van der Waals surface area contributed by atoms with Gasteiger partial charge in [0.25, 0.3) is 0 Å². The summed E-state index contributed by atoms with van der Waals surface area (Å²) in [7, 11) is 0. The fourth-order valence-electron chi connectivity index (χ4n) is 3.89. The molecule has 2 aromatic rings. The second-order valence-corrected chi connectivity index (χ2v) is 10.7. The molecule has 1 amide bonds. The molecule has 1 aromatic heterocycles. The van der Waals surface area contributed by atoms with Crippen LogP contribution in [0, 0.1) is 28.6 Å². The Hall–Kier alpha value is -3.67. The third-order valence-corrected chi connectivity index (χ3v) is 5.89. The predicted octanol–water partition coefficient (Wildman–Crippen LogP) is 5.11. The quantitative estimate of drug-likeness (QED) is 0.504. The van der Waals surface area contributed by atoms with Crippen LogP contribution >= 0.6 is 0 Å². The van der Waals surface area contributed by atoms with Gasteiger partial charge in [0.1, 0.15) is 28.1 Å². The van der Waals surface area contributed by atoms with E-state index < -0.39 is 17.0 Å². The molecule has 1 saturated heterocycles. The minimum absolute atomic E-state index is 0.104. The topological polar surface area (TPSA) is 117 Å². The average Bonchev–Trinajstić information content (AvgIpc) is 3.14. The number of hydrogen-bond donors (Lipinski definition) is 1. The van der Waals surface area contributed by atoms with Gasteiger partial charge in [0.05, 0.1) is 12.7 Å². The first kappa shape index (κ1) is 26.9. The summed E-state index contributed by atoms with van der Waals surface area (Å²) in [6.45, 7) is 14.1. The van der Waals surface area contributed by atoms with Crippen LogP contribution in [0.5, 0.6) is 5.75 Å². The SMILES string of the molecule is CC(C)COc1cc(Nc2nccc(N3CC[C@@](C#N)(C(C)C)C3=O)n2)ccc1C(=O)OC(C)(C)C. The molecule has 0 bridgehead atoms. The highest BCUT2D eigenvalue weighted by Gasteiger charge is 2.50. The number of hydrogen-bond acceptors (Lipinski definition) is 8. The zero-order chi connectivity index (χ0) is 26.7. The molecular weight excluding hydrogens is 458 g/mol. The van der Waals surface area contributed by atoms with Gasteiger partial charge < -0.3 is 14.8 Å². The Bertz CT molecular complexity index is 1170. The van der Waals surface area contributed by atoms with Crippen LogP contribution in [0.2, 0.25) is 0 Å². The minimum atomic E-state index is -1.04. The van der Waals surface area contributed by atoms with Gasteiger partial charge in [-0.25, -0.2) is 9.78 Å². The van der Waals surface area contributed by atoms with Crippen molar-refractivity contribution in [1.29, 1.82) is 5.26 Å². The van der Waals surface area contributed by atoms with Crippen molar-refractivity contribution in [3.63, 3.8) is 0 Å². The average molecular weight is 494 g/mol. The van der Waals surface area contributed by atoms with Crippen molar-refractivity contribution in [1.82, 2.24) is 9.97 Å². The Morgan fingerprint density at radius 2 is 1.97 bits per heavy atom. The van der Waals surface area contributed by atoms with Gasteiger partial charge in [0.2, 0.25) is 11.9 Å². The lowest BCUT2D eigenvalue weighted by atomic mass is 9.77. The van der Waals surface area contributed by atoms with Gasteiger partial charge in [0.15, 0.2) is 0 Å². The van der Waals surface area contributed by atoms with Crippen molar-refractivity contribution in [2.24, 2.45) is 17.3 Å². The molecule has 1 aliphatic heterocycles. The third kappa shape index (κ3) is 5.93. The molecule has 1 aromatic carbocycles. The number of anilines is 3. The van der Waals surface area contributed by atoms with Gasteiger partial charge in [-0.15, -0.1) is 0 Å². The molecule has 0 spiro atoms. The molecule has 9 heteroatoms. The van der Waals surface area contributed by atoms with E-state index in [-0.39, 0.29) is 23.7 Å². The number of carbonyl (C=O) groups excluding carboxylic acids is 2. The predicted molar refractivity (Wildman–Crippen MR) is 137 cm³/mol. The first-order chi connectivity index (χ1) is 16.9. The van der Waals surface area contributed by atoms with Crippen molar-refractivity contribution in [2.45, 2.75) is 60.5 Å². The summed E-state index contributed by atoms with van der Waals surface area (Å²) < 4.78 is 11.5. The van der Waals surface area contributed by atoms with E-state index in [4.69, 9.17) is 9.47 Å². The number of amides is 1. The van der Waals surface area contributed by atoms with Crippen molar-refractivity contribution >= 4 is 29.3 Å². The normalized spacial score (nSPS) is 17.9. The largest absolute Gasteiger partial charge is 0.492 e. The van der Waals surface area contributed by atoms with Gasteiger partial charge >= 0.3 is 5.97 Å². The highest BCUT2D eigenvalue weighted by atomic mass is 16.6. The highest BCUT2D eigenvalue weighted by molar-refractivity contribution is 6.01. The number of esters is 1. The Labute approximate surface area is 212 Å². The van der Waals surface area contributed by atoms with Crippen LogP contribution in [0.3, 0.4) is 0 Å². The summed E-state index contributed by atoms with van der Waals surface area (Å²) in [5.41, 5.74) is -0.739. The fraction of sp³-hybridized carbons (Fsp3) is 0.519. The van der Waals surface area contributed by atoms with Crippen molar-refractivity contribution in [2.75, 3.05) is 23.4 Å². The summed E-state index contributed by atoms with van der Waals surface area (Å²) in [5.74, 6) is 0.547. The molecule has 0 aliphatic carbocycles. The molecule has 0 radical (unpaired) electrons. The summed E-state index contributed by atoms with van der Waals surface area (Å²) in [4.78, 5) is 36.2. The van der Waals surface area contributed by atoms with E-state index in [0.717, 1.165) is 0 Å². The third-order valence-electron chi connectivity index (χ3n) is 5.89. The van der Waals surface area contributed by atoms with Gasteiger partial charge in [-0.05, 0) is 57.2 Å². The Morgan fingerprint density at radius 1 is 1.25 bits per heavy atom. The molecule has 192 valence electrons. The lowest BCUT2D eigenvalue weighted by molar-refractivity contribution is -0.124. The molecule has 36 heavy (non-hydrogen) atoms. The highest BCUT2D eigenvalue weighted by Crippen LogP contribution is 2.40. The van der Waals surface area contributed by atoms with Gasteiger partial charge in [-0.2, -0.15) is 10.2 Å². The van der Waals surface area contributed by atoms with Gasteiger partial charge in [-0.1, -0.05) is 27.7 Å². The monoisotopic (exact) mass is 493 g/mol. The van der Waals surface area contributed by atoms with Crippen LogP contribution in [0.4, 0.5) is 17.5 Å². The number of ether oxygens (including phenoxy) is 2. The van der Waals surface area contributed by atoms with Crippen LogP contribution in [0.25, 0.3) is 0 Å². The standard InChI is InChI=1S/C27H35N5O4/c1-17(2)15-35-21-14-19(8-9-20(21)23(33)36-26(5,6)7)30-25-29-12-10-22(31-25)32-13-11-27(16-28,18(3)4)24(32)34/h8-10,12,14,17-18H,11,13,15H2,1-7H3,(H,29,30,31)/t27-/m1/s1. The molecule has 0 saturated carbocycles. The number of aromatic nitrogens is 2. The molecule has 9 nitrogen and oxygen atoms in total. The first-order valence-electron chi connectivity index (χ1n) is 12.2. The number of nitrogens with one attached hydrogen (secondary N) is 1. The number of nitriles is 1. The minimum Gasteiger partial charge on any atom is -0.492 e. The van der Waals surface area contributed by atoms with Gasteiger partial charge in [-0.3, -0.25) is 9.69 Å². The van der Waals surface area contributed by atoms with Crippen molar-refractivity contribution in [3.05, 3.63) is 36.0 Å². The smallest absolute Gasteiger partial charge is 0.342 e. The summed E-state index contributed by atoms with van der Waals surface area (Å²) in [6, 6.07) is 8.96. The lowest BCUT2D eigenvalue weighted by Crippen LogP contribution is -2.37. The summed E-state index contributed by atoms with van der Waals surface area (Å²) in [5, 5.41) is 12.8. The van der Waals surface area contributed by atoms with E-state index >= 15 is 0 Å². The molecule has 3 rings (SSSR count). The molecule has 2 heterocycles. The molecule has 1 N–H and O–H groups in total. The maximum absolute atomic E-state index is 13.1. The summed E-state index contributed by atoms with van der Waals surface area (Å²) >= 11 is 0. The van der Waals surface area contributed by atoms with Gasteiger partial charge in [0, 0.05) is 24.5 Å². The van der Waals surface area contributed by atoms with Crippen LogP contribution in [-0.2, 0) is 9.53 Å². The molecule has 0 unspecified atom stereocenters. The van der Waals surface area contributed by atoms with Crippen molar-refractivity contribution < 1.29 is 19.1 Å². The first-order valence-corrected chi connectivity index (χ1v) is 12.2. The molecule has 1 fully saturated rings. The van der Waals surface area contributed by atoms with E-state index in [1.54, 1.807) is 35.4 Å². The maximum atomic E-state index is 13.1. The van der Waals surface area contributed by atoms with Crippen LogP contribution < -0.4 is 15.0 Å². The van der Waals surface area contributed by atoms with Crippen LogP contribution in [-0.4, -0.2) is 40.6 Å². The number of benzene rings is 1. The van der Waals surface area contributed by atoms with E-state index in [0.29, 0.717) is 42.4 Å². The van der Waals surface area contributed by atoms with Crippen molar-refractivity contribution in [3.8, 4) is 11.8 Å². The lowest BCUT2D eigenvalue weighted by Gasteiger charge is -2.24. The number of carbonyl (C=O) groups is 2.